The lowest BCUT2D eigenvalue weighted by Gasteiger charge is -2.09. The summed E-state index contributed by atoms with van der Waals surface area (Å²) in [5.74, 6) is -0.122. The maximum Gasteiger partial charge on any atom is 0.258 e. The number of aromatic nitrogens is 2. The molecule has 1 heterocycles. The molecular formula is C20H17ClFN3O3. The molecule has 28 heavy (non-hydrogen) atoms. The Kier molecular flexibility index (Phi) is 6.39. The average molecular weight is 402 g/mol. The number of benzene rings is 2. The van der Waals surface area contributed by atoms with Gasteiger partial charge in [-0.05, 0) is 48.5 Å². The van der Waals surface area contributed by atoms with Gasteiger partial charge in [0.15, 0.2) is 6.61 Å². The van der Waals surface area contributed by atoms with Crippen molar-refractivity contribution < 1.29 is 13.9 Å². The molecule has 0 aliphatic heterocycles. The first kappa shape index (κ1) is 19.6. The van der Waals surface area contributed by atoms with Crippen LogP contribution in [0.5, 0.6) is 5.75 Å². The highest BCUT2D eigenvalue weighted by Crippen LogP contribution is 2.16. The van der Waals surface area contributed by atoms with Gasteiger partial charge >= 0.3 is 0 Å². The Morgan fingerprint density at radius 2 is 1.86 bits per heavy atom. The molecule has 0 unspecified atom stereocenters. The van der Waals surface area contributed by atoms with Gasteiger partial charge in [-0.15, -0.1) is 0 Å². The van der Waals surface area contributed by atoms with Crippen molar-refractivity contribution in [1.29, 1.82) is 0 Å². The quantitative estimate of drug-likeness (QED) is 0.660. The summed E-state index contributed by atoms with van der Waals surface area (Å²) >= 11 is 5.78. The molecule has 0 bridgehead atoms. The van der Waals surface area contributed by atoms with Crippen LogP contribution in [-0.4, -0.2) is 28.6 Å². The fourth-order valence-electron chi connectivity index (χ4n) is 2.42. The molecule has 1 N–H and O–H groups in total. The van der Waals surface area contributed by atoms with E-state index in [0.29, 0.717) is 22.0 Å². The van der Waals surface area contributed by atoms with Crippen LogP contribution in [0, 0.1) is 5.82 Å². The lowest BCUT2D eigenvalue weighted by molar-refractivity contribution is -0.123. The number of hydrogen-bond acceptors (Lipinski definition) is 4. The molecule has 0 aliphatic carbocycles. The Balaban J connectivity index is 1.49. The standard InChI is InChI=1S/C20H17ClFN3O3/c21-15-3-7-17(8-4-15)28-12-19(26)23-9-10-25-13-24-18(11-20(25)27)14-1-5-16(22)6-2-14/h1-8,11,13H,9-10,12H2,(H,23,26). The van der Waals surface area contributed by atoms with E-state index in [1.54, 1.807) is 36.4 Å². The van der Waals surface area contributed by atoms with Crippen LogP contribution in [0.15, 0.2) is 65.7 Å². The smallest absolute Gasteiger partial charge is 0.258 e. The summed E-state index contributed by atoms with van der Waals surface area (Å²) in [5.41, 5.74) is 0.848. The second-order valence-corrected chi connectivity index (χ2v) is 6.34. The zero-order valence-electron chi connectivity index (χ0n) is 14.8. The number of rotatable bonds is 7. The summed E-state index contributed by atoms with van der Waals surface area (Å²) < 4.78 is 19.7. The zero-order valence-corrected chi connectivity index (χ0v) is 15.5. The third kappa shape index (κ3) is 5.40. The molecular weight excluding hydrogens is 385 g/mol. The first-order valence-corrected chi connectivity index (χ1v) is 8.86. The Morgan fingerprint density at radius 3 is 2.54 bits per heavy atom. The molecule has 0 aliphatic rings. The minimum atomic E-state index is -0.354. The number of halogens is 2. The highest BCUT2D eigenvalue weighted by molar-refractivity contribution is 6.30. The normalized spacial score (nSPS) is 10.5. The van der Waals surface area contributed by atoms with Crippen LogP contribution in [0.25, 0.3) is 11.3 Å². The van der Waals surface area contributed by atoms with Gasteiger partial charge in [-0.25, -0.2) is 9.37 Å². The molecule has 144 valence electrons. The first-order chi connectivity index (χ1) is 13.5. The van der Waals surface area contributed by atoms with Crippen LogP contribution in [0.2, 0.25) is 5.02 Å². The van der Waals surface area contributed by atoms with Gasteiger partial charge in [-0.3, -0.25) is 14.2 Å². The molecule has 6 nitrogen and oxygen atoms in total. The van der Waals surface area contributed by atoms with Crippen LogP contribution < -0.4 is 15.6 Å². The van der Waals surface area contributed by atoms with Gasteiger partial charge in [0.1, 0.15) is 11.6 Å². The first-order valence-electron chi connectivity index (χ1n) is 8.49. The summed E-state index contributed by atoms with van der Waals surface area (Å²) in [7, 11) is 0. The van der Waals surface area contributed by atoms with E-state index in [1.807, 2.05) is 0 Å². The fourth-order valence-corrected chi connectivity index (χ4v) is 2.54. The van der Waals surface area contributed by atoms with Gasteiger partial charge < -0.3 is 10.1 Å². The van der Waals surface area contributed by atoms with Gasteiger partial charge in [0.25, 0.3) is 11.5 Å². The number of nitrogens with one attached hydrogen (secondary N) is 1. The second-order valence-electron chi connectivity index (χ2n) is 5.91. The Morgan fingerprint density at radius 1 is 1.14 bits per heavy atom. The van der Waals surface area contributed by atoms with Crippen LogP contribution in [0.3, 0.4) is 0 Å². The number of nitrogens with zero attached hydrogens (tertiary/aromatic N) is 2. The van der Waals surface area contributed by atoms with Crippen molar-refractivity contribution in [1.82, 2.24) is 14.9 Å². The minimum absolute atomic E-state index is 0.141. The molecule has 0 fully saturated rings. The highest BCUT2D eigenvalue weighted by atomic mass is 35.5. The molecule has 2 aromatic carbocycles. The predicted octanol–water partition coefficient (Wildman–Crippen LogP) is 2.90. The summed E-state index contributed by atoms with van der Waals surface area (Å²) in [6, 6.07) is 13.8. The molecule has 1 amide bonds. The van der Waals surface area contributed by atoms with E-state index in [1.165, 1.54) is 29.1 Å². The van der Waals surface area contributed by atoms with Crippen LogP contribution >= 0.6 is 11.6 Å². The molecule has 1 aromatic heterocycles. The minimum Gasteiger partial charge on any atom is -0.484 e. The average Bonchev–Trinajstić information content (AvgIpc) is 2.69. The van der Waals surface area contributed by atoms with Crippen molar-refractivity contribution in [2.75, 3.05) is 13.2 Å². The maximum absolute atomic E-state index is 13.0. The fraction of sp³-hybridized carbons (Fsp3) is 0.150. The van der Waals surface area contributed by atoms with Crippen molar-refractivity contribution in [2.24, 2.45) is 0 Å². The largest absolute Gasteiger partial charge is 0.484 e. The zero-order chi connectivity index (χ0) is 19.9. The van der Waals surface area contributed by atoms with E-state index in [4.69, 9.17) is 16.3 Å². The maximum atomic E-state index is 13.0. The van der Waals surface area contributed by atoms with Crippen LogP contribution in [0.4, 0.5) is 4.39 Å². The van der Waals surface area contributed by atoms with Crippen molar-refractivity contribution in [2.45, 2.75) is 6.54 Å². The number of ether oxygens (including phenoxy) is 1. The Bertz CT molecular complexity index is 1000. The van der Waals surface area contributed by atoms with E-state index in [-0.39, 0.29) is 37.0 Å². The molecule has 0 spiro atoms. The van der Waals surface area contributed by atoms with Crippen LogP contribution in [0.1, 0.15) is 0 Å². The Hall–Kier alpha value is -3.19. The van der Waals surface area contributed by atoms with Crippen molar-refractivity contribution in [3.8, 4) is 17.0 Å². The van der Waals surface area contributed by atoms with E-state index in [9.17, 15) is 14.0 Å². The van der Waals surface area contributed by atoms with Gasteiger partial charge in [0, 0.05) is 29.7 Å². The lowest BCUT2D eigenvalue weighted by Crippen LogP contribution is -2.33. The monoisotopic (exact) mass is 401 g/mol. The van der Waals surface area contributed by atoms with Gasteiger partial charge in [-0.1, -0.05) is 11.6 Å². The highest BCUT2D eigenvalue weighted by Gasteiger charge is 2.05. The number of carbonyl (C=O) groups is 1. The molecule has 3 aromatic rings. The van der Waals surface area contributed by atoms with Crippen molar-refractivity contribution in [3.05, 3.63) is 82.1 Å². The topological polar surface area (TPSA) is 73.2 Å². The van der Waals surface area contributed by atoms with E-state index < -0.39 is 0 Å². The summed E-state index contributed by atoms with van der Waals surface area (Å²) in [6.07, 6.45) is 1.40. The summed E-state index contributed by atoms with van der Waals surface area (Å²) in [4.78, 5) is 28.2. The molecule has 0 saturated heterocycles. The van der Waals surface area contributed by atoms with Gasteiger partial charge in [-0.2, -0.15) is 0 Å². The molecule has 0 saturated carbocycles. The SMILES string of the molecule is O=C(COc1ccc(Cl)cc1)NCCn1cnc(-c2ccc(F)cc2)cc1=O. The molecule has 8 heteroatoms. The van der Waals surface area contributed by atoms with E-state index in [2.05, 4.69) is 10.3 Å². The third-order valence-corrected chi connectivity index (χ3v) is 4.13. The summed E-state index contributed by atoms with van der Waals surface area (Å²) in [5, 5.41) is 3.26. The van der Waals surface area contributed by atoms with E-state index >= 15 is 0 Å². The predicted molar refractivity (Wildman–Crippen MR) is 104 cm³/mol. The van der Waals surface area contributed by atoms with E-state index in [0.717, 1.165) is 0 Å². The van der Waals surface area contributed by atoms with Crippen LogP contribution in [-0.2, 0) is 11.3 Å². The van der Waals surface area contributed by atoms with Gasteiger partial charge in [0.2, 0.25) is 0 Å². The Labute approximate surface area is 165 Å². The lowest BCUT2D eigenvalue weighted by atomic mass is 10.1. The third-order valence-electron chi connectivity index (χ3n) is 3.88. The number of amides is 1. The number of carbonyl (C=O) groups excluding carboxylic acids is 1. The number of hydrogen-bond donors (Lipinski definition) is 1. The van der Waals surface area contributed by atoms with Crippen molar-refractivity contribution >= 4 is 17.5 Å². The van der Waals surface area contributed by atoms with Crippen molar-refractivity contribution in [3.63, 3.8) is 0 Å². The second kappa shape index (κ2) is 9.14. The molecule has 0 radical (unpaired) electrons. The summed E-state index contributed by atoms with van der Waals surface area (Å²) in [6.45, 7) is 0.376. The van der Waals surface area contributed by atoms with Gasteiger partial charge in [0.05, 0.1) is 12.0 Å². The molecule has 0 atom stereocenters. The molecule has 3 rings (SSSR count).